The number of quaternary nitrogens is 1. The molecule has 0 aliphatic rings. The Balaban J connectivity index is 1.94. The number of benzene rings is 2. The minimum atomic E-state index is -0.633. The van der Waals surface area contributed by atoms with Crippen LogP contribution in [0.5, 0.6) is 0 Å². The van der Waals surface area contributed by atoms with E-state index in [1.54, 1.807) is 30.4 Å². The Morgan fingerprint density at radius 1 is 1.22 bits per heavy atom. The molecule has 23 heavy (non-hydrogen) atoms. The third kappa shape index (κ3) is 4.89. The maximum Gasteiger partial charge on any atom is 0.279 e. The number of hydrogen-bond donors (Lipinski definition) is 2. The van der Waals surface area contributed by atoms with Gasteiger partial charge in [-0.25, -0.2) is 8.78 Å². The van der Waals surface area contributed by atoms with Crippen LogP contribution in [-0.2, 0) is 4.79 Å². The van der Waals surface area contributed by atoms with Gasteiger partial charge in [-0.05, 0) is 37.3 Å². The molecule has 0 unspecified atom stereocenters. The van der Waals surface area contributed by atoms with Crippen molar-refractivity contribution in [1.82, 2.24) is 0 Å². The van der Waals surface area contributed by atoms with Gasteiger partial charge in [-0.1, -0.05) is 23.2 Å². The van der Waals surface area contributed by atoms with E-state index in [0.29, 0.717) is 21.3 Å². The monoisotopic (exact) mass is 359 g/mol. The van der Waals surface area contributed by atoms with Gasteiger partial charge in [0.25, 0.3) is 5.91 Å². The Labute approximate surface area is 142 Å². The molecule has 7 heteroatoms. The van der Waals surface area contributed by atoms with Crippen LogP contribution in [0.4, 0.5) is 14.5 Å². The second-order valence-corrected chi connectivity index (χ2v) is 5.91. The Bertz CT molecular complexity index is 725. The summed E-state index contributed by atoms with van der Waals surface area (Å²) in [5.74, 6) is -1.57. The molecule has 0 fully saturated rings. The van der Waals surface area contributed by atoms with Gasteiger partial charge in [-0.3, -0.25) is 4.79 Å². The summed E-state index contributed by atoms with van der Waals surface area (Å²) in [5, 5.41) is 5.11. The summed E-state index contributed by atoms with van der Waals surface area (Å²) in [5.41, 5.74) is 0.748. The van der Waals surface area contributed by atoms with Crippen LogP contribution >= 0.6 is 23.2 Å². The highest BCUT2D eigenvalue weighted by Gasteiger charge is 2.16. The first kappa shape index (κ1) is 17.7. The molecule has 122 valence electrons. The van der Waals surface area contributed by atoms with E-state index < -0.39 is 11.6 Å². The predicted molar refractivity (Wildman–Crippen MR) is 86.7 cm³/mol. The van der Waals surface area contributed by atoms with Gasteiger partial charge in [0.05, 0.1) is 10.7 Å². The lowest BCUT2D eigenvalue weighted by Crippen LogP contribution is -2.86. The van der Waals surface area contributed by atoms with Gasteiger partial charge in [0.1, 0.15) is 17.7 Å². The van der Waals surface area contributed by atoms with Crippen molar-refractivity contribution in [3.63, 3.8) is 0 Å². The normalized spacial score (nSPS) is 12.0. The molecule has 0 heterocycles. The zero-order valence-electron chi connectivity index (χ0n) is 12.2. The summed E-state index contributed by atoms with van der Waals surface area (Å²) < 4.78 is 26.6. The van der Waals surface area contributed by atoms with Crippen molar-refractivity contribution in [2.75, 3.05) is 11.9 Å². The molecule has 0 saturated carbocycles. The Morgan fingerprint density at radius 3 is 2.65 bits per heavy atom. The Kier molecular flexibility index (Phi) is 5.93. The predicted octanol–water partition coefficient (Wildman–Crippen LogP) is 3.53. The number of anilines is 1. The lowest BCUT2D eigenvalue weighted by molar-refractivity contribution is -0.682. The van der Waals surface area contributed by atoms with Crippen molar-refractivity contribution in [3.8, 4) is 0 Å². The molecule has 2 aromatic rings. The number of rotatable bonds is 5. The molecule has 1 atom stereocenters. The maximum absolute atomic E-state index is 13.7. The zero-order chi connectivity index (χ0) is 17.0. The van der Waals surface area contributed by atoms with E-state index in [9.17, 15) is 13.6 Å². The SMILES string of the molecule is C[C@@H]([NH2+]CC(=O)Nc1cc(Cl)ccc1Cl)c1ccc(F)cc1F. The number of hydrogen-bond acceptors (Lipinski definition) is 1. The lowest BCUT2D eigenvalue weighted by atomic mass is 10.1. The molecular weight excluding hydrogens is 345 g/mol. The van der Waals surface area contributed by atoms with Crippen LogP contribution in [0.1, 0.15) is 18.5 Å². The fourth-order valence-electron chi connectivity index (χ4n) is 2.08. The van der Waals surface area contributed by atoms with Crippen LogP contribution < -0.4 is 10.6 Å². The summed E-state index contributed by atoms with van der Waals surface area (Å²) in [6.07, 6.45) is 0. The first-order chi connectivity index (χ1) is 10.9. The van der Waals surface area contributed by atoms with Gasteiger partial charge in [0.2, 0.25) is 0 Å². The van der Waals surface area contributed by atoms with E-state index in [2.05, 4.69) is 5.32 Å². The van der Waals surface area contributed by atoms with Crippen LogP contribution in [-0.4, -0.2) is 12.5 Å². The Morgan fingerprint density at radius 2 is 1.96 bits per heavy atom. The third-order valence-corrected chi connectivity index (χ3v) is 3.88. The topological polar surface area (TPSA) is 45.7 Å². The molecule has 2 rings (SSSR count). The van der Waals surface area contributed by atoms with E-state index in [4.69, 9.17) is 23.2 Å². The summed E-state index contributed by atoms with van der Waals surface area (Å²) in [6, 6.07) is 7.80. The second kappa shape index (κ2) is 7.73. The fourth-order valence-corrected chi connectivity index (χ4v) is 2.41. The number of halogens is 4. The zero-order valence-corrected chi connectivity index (χ0v) is 13.8. The highest BCUT2D eigenvalue weighted by molar-refractivity contribution is 6.35. The van der Waals surface area contributed by atoms with Crippen molar-refractivity contribution in [3.05, 3.63) is 63.6 Å². The number of carbonyl (C=O) groups excluding carboxylic acids is 1. The molecule has 1 amide bonds. The third-order valence-electron chi connectivity index (χ3n) is 3.31. The van der Waals surface area contributed by atoms with Crippen molar-refractivity contribution in [2.45, 2.75) is 13.0 Å². The average Bonchev–Trinajstić information content (AvgIpc) is 2.48. The van der Waals surface area contributed by atoms with E-state index in [1.807, 2.05) is 0 Å². The maximum atomic E-state index is 13.7. The van der Waals surface area contributed by atoms with Crippen LogP contribution in [0.15, 0.2) is 36.4 Å². The summed E-state index contributed by atoms with van der Waals surface area (Å²) in [6.45, 7) is 1.79. The second-order valence-electron chi connectivity index (χ2n) is 5.07. The molecule has 0 aliphatic heterocycles. The summed E-state index contributed by atoms with van der Waals surface area (Å²) in [7, 11) is 0. The lowest BCUT2D eigenvalue weighted by Gasteiger charge is -2.12. The van der Waals surface area contributed by atoms with E-state index in [-0.39, 0.29) is 18.5 Å². The molecule has 0 spiro atoms. The van der Waals surface area contributed by atoms with Gasteiger partial charge in [-0.15, -0.1) is 0 Å². The van der Waals surface area contributed by atoms with Gasteiger partial charge in [0, 0.05) is 16.7 Å². The standard InChI is InChI=1S/C16H14Cl2F2N2O/c1-9(12-4-3-11(19)7-14(12)20)21-8-16(23)22-15-6-10(17)2-5-13(15)18/h2-7,9,21H,8H2,1H3,(H,22,23)/p+1/t9-/m1/s1. The molecular formula is C16H15Cl2F2N2O+. The average molecular weight is 360 g/mol. The fraction of sp³-hybridized carbons (Fsp3) is 0.188. The van der Waals surface area contributed by atoms with Gasteiger partial charge < -0.3 is 10.6 Å². The highest BCUT2D eigenvalue weighted by atomic mass is 35.5. The number of nitrogens with two attached hydrogens (primary N) is 1. The van der Waals surface area contributed by atoms with Crippen molar-refractivity contribution in [1.29, 1.82) is 0 Å². The van der Waals surface area contributed by atoms with Crippen LogP contribution in [0.3, 0.4) is 0 Å². The number of carbonyl (C=O) groups is 1. The van der Waals surface area contributed by atoms with E-state index >= 15 is 0 Å². The summed E-state index contributed by atoms with van der Waals surface area (Å²) in [4.78, 5) is 12.0. The smallest absolute Gasteiger partial charge is 0.279 e. The first-order valence-corrected chi connectivity index (χ1v) is 7.65. The molecule has 0 bridgehead atoms. The van der Waals surface area contributed by atoms with Crippen LogP contribution in [0, 0.1) is 11.6 Å². The number of amides is 1. The van der Waals surface area contributed by atoms with Crippen LogP contribution in [0.2, 0.25) is 10.0 Å². The van der Waals surface area contributed by atoms with E-state index in [0.717, 1.165) is 6.07 Å². The van der Waals surface area contributed by atoms with Gasteiger partial charge >= 0.3 is 0 Å². The molecule has 0 saturated heterocycles. The molecule has 3 nitrogen and oxygen atoms in total. The van der Waals surface area contributed by atoms with Gasteiger partial charge in [-0.2, -0.15) is 0 Å². The van der Waals surface area contributed by atoms with Crippen molar-refractivity contribution < 1.29 is 18.9 Å². The highest BCUT2D eigenvalue weighted by Crippen LogP contribution is 2.25. The minimum absolute atomic E-state index is 0.0564. The molecule has 3 N–H and O–H groups in total. The first-order valence-electron chi connectivity index (χ1n) is 6.90. The van der Waals surface area contributed by atoms with Gasteiger partial charge in [0.15, 0.2) is 6.54 Å². The van der Waals surface area contributed by atoms with Crippen molar-refractivity contribution >= 4 is 34.8 Å². The summed E-state index contributed by atoms with van der Waals surface area (Å²) >= 11 is 11.8. The van der Waals surface area contributed by atoms with Crippen molar-refractivity contribution in [2.24, 2.45) is 0 Å². The quantitative estimate of drug-likeness (QED) is 0.842. The molecule has 2 aromatic carbocycles. The molecule has 0 aliphatic carbocycles. The largest absolute Gasteiger partial charge is 0.332 e. The van der Waals surface area contributed by atoms with Crippen LogP contribution in [0.25, 0.3) is 0 Å². The number of nitrogens with one attached hydrogen (secondary N) is 1. The van der Waals surface area contributed by atoms with E-state index in [1.165, 1.54) is 12.1 Å². The Hall–Kier alpha value is -1.69. The minimum Gasteiger partial charge on any atom is -0.332 e. The molecule has 0 radical (unpaired) electrons. The molecule has 0 aromatic heterocycles.